The van der Waals surface area contributed by atoms with E-state index in [1.54, 1.807) is 0 Å². The zero-order valence-corrected chi connectivity index (χ0v) is 9.53. The number of aromatic nitrogens is 2. The first-order valence-electron chi connectivity index (χ1n) is 5.61. The number of anilines is 1. The molecule has 1 atom stereocenters. The van der Waals surface area contributed by atoms with Crippen LogP contribution in [0.4, 0.5) is 5.69 Å². The molecule has 16 heavy (non-hydrogen) atoms. The molecule has 2 N–H and O–H groups in total. The molecule has 0 radical (unpaired) electrons. The Morgan fingerprint density at radius 1 is 1.56 bits per heavy atom. The minimum absolute atomic E-state index is 0.443. The fraction of sp³-hybridized carbons (Fsp3) is 0.308. The normalized spacial score (nSPS) is 12.6. The van der Waals surface area contributed by atoms with E-state index in [4.69, 9.17) is 0 Å². The van der Waals surface area contributed by atoms with Gasteiger partial charge in [0.25, 0.3) is 0 Å². The maximum absolute atomic E-state index is 4.05. The van der Waals surface area contributed by atoms with E-state index in [9.17, 15) is 0 Å². The molecule has 0 aliphatic carbocycles. The lowest BCUT2D eigenvalue weighted by Gasteiger charge is -2.14. The molecule has 3 nitrogen and oxygen atoms in total. The molecule has 0 saturated carbocycles. The summed E-state index contributed by atoms with van der Waals surface area (Å²) in [5.74, 6) is 0. The van der Waals surface area contributed by atoms with Gasteiger partial charge < -0.3 is 5.32 Å². The summed E-state index contributed by atoms with van der Waals surface area (Å²) in [6.07, 6.45) is 5.95. The van der Waals surface area contributed by atoms with Crippen molar-refractivity contribution in [2.75, 3.05) is 5.32 Å². The summed E-state index contributed by atoms with van der Waals surface area (Å²) in [5, 5.41) is 11.7. The van der Waals surface area contributed by atoms with Gasteiger partial charge in [-0.15, -0.1) is 6.58 Å². The van der Waals surface area contributed by atoms with Gasteiger partial charge in [0.05, 0.1) is 11.7 Å². The van der Waals surface area contributed by atoms with Crippen LogP contribution >= 0.6 is 0 Å². The Morgan fingerprint density at radius 3 is 3.25 bits per heavy atom. The van der Waals surface area contributed by atoms with Crippen molar-refractivity contribution in [3.8, 4) is 0 Å². The summed E-state index contributed by atoms with van der Waals surface area (Å²) < 4.78 is 0. The second-order valence-corrected chi connectivity index (χ2v) is 4.05. The molecular formula is C13H17N3. The zero-order valence-electron chi connectivity index (χ0n) is 9.53. The van der Waals surface area contributed by atoms with Crippen LogP contribution in [0.3, 0.4) is 0 Å². The molecule has 0 bridgehead atoms. The van der Waals surface area contributed by atoms with Gasteiger partial charge in [0.1, 0.15) is 0 Å². The smallest absolute Gasteiger partial charge is 0.0671 e. The number of nitrogens with zero attached hydrogens (tertiary/aromatic N) is 1. The van der Waals surface area contributed by atoms with E-state index in [1.807, 2.05) is 24.4 Å². The third kappa shape index (κ3) is 2.24. The van der Waals surface area contributed by atoms with E-state index in [-0.39, 0.29) is 0 Å². The lowest BCUT2D eigenvalue weighted by Crippen LogP contribution is -2.14. The van der Waals surface area contributed by atoms with Crippen LogP contribution in [0.25, 0.3) is 10.9 Å². The Labute approximate surface area is 95.6 Å². The minimum Gasteiger partial charge on any atom is -0.382 e. The number of benzene rings is 1. The predicted molar refractivity (Wildman–Crippen MR) is 68.6 cm³/mol. The molecule has 1 unspecified atom stereocenters. The van der Waals surface area contributed by atoms with Gasteiger partial charge >= 0.3 is 0 Å². The van der Waals surface area contributed by atoms with Crippen LogP contribution in [0.2, 0.25) is 0 Å². The molecule has 0 fully saturated rings. The molecule has 1 aromatic carbocycles. The van der Waals surface area contributed by atoms with Gasteiger partial charge in [-0.3, -0.25) is 5.10 Å². The fourth-order valence-corrected chi connectivity index (χ4v) is 1.80. The molecule has 0 spiro atoms. The minimum atomic E-state index is 0.443. The largest absolute Gasteiger partial charge is 0.382 e. The summed E-state index contributed by atoms with van der Waals surface area (Å²) in [5.41, 5.74) is 2.21. The van der Waals surface area contributed by atoms with Gasteiger partial charge in [0.15, 0.2) is 0 Å². The van der Waals surface area contributed by atoms with Crippen molar-refractivity contribution in [1.29, 1.82) is 0 Å². The number of hydrogen-bond acceptors (Lipinski definition) is 2. The van der Waals surface area contributed by atoms with E-state index in [0.29, 0.717) is 6.04 Å². The van der Waals surface area contributed by atoms with Gasteiger partial charge in [0, 0.05) is 17.1 Å². The lowest BCUT2D eigenvalue weighted by atomic mass is 10.1. The van der Waals surface area contributed by atoms with Crippen LogP contribution in [0.15, 0.2) is 37.1 Å². The van der Waals surface area contributed by atoms with E-state index in [1.165, 1.54) is 0 Å². The van der Waals surface area contributed by atoms with Gasteiger partial charge in [-0.25, -0.2) is 0 Å². The second-order valence-electron chi connectivity index (χ2n) is 4.05. The Bertz CT molecular complexity index is 473. The standard InChI is InChI=1S/C13H17N3/c1-3-4-6-10(2)15-12-7-5-8-13-11(12)9-14-16-13/h3,5,7-10,15H,1,4,6H2,2H3,(H,14,16). The quantitative estimate of drug-likeness (QED) is 0.751. The molecule has 84 valence electrons. The Kier molecular flexibility index (Phi) is 3.25. The van der Waals surface area contributed by atoms with Crippen LogP contribution in [0, 0.1) is 0 Å². The van der Waals surface area contributed by atoms with Crippen LogP contribution in [-0.2, 0) is 0 Å². The first kappa shape index (κ1) is 10.7. The zero-order chi connectivity index (χ0) is 11.4. The van der Waals surface area contributed by atoms with Gasteiger partial charge in [0.2, 0.25) is 0 Å². The van der Waals surface area contributed by atoms with E-state index >= 15 is 0 Å². The highest BCUT2D eigenvalue weighted by Crippen LogP contribution is 2.22. The van der Waals surface area contributed by atoms with Gasteiger partial charge in [-0.2, -0.15) is 5.10 Å². The Hall–Kier alpha value is -1.77. The van der Waals surface area contributed by atoms with Crippen molar-refractivity contribution in [3.05, 3.63) is 37.1 Å². The van der Waals surface area contributed by atoms with E-state index < -0.39 is 0 Å². The second kappa shape index (κ2) is 4.84. The van der Waals surface area contributed by atoms with Crippen molar-refractivity contribution < 1.29 is 0 Å². The third-order valence-corrected chi connectivity index (χ3v) is 2.69. The fourth-order valence-electron chi connectivity index (χ4n) is 1.80. The van der Waals surface area contributed by atoms with Crippen LogP contribution < -0.4 is 5.32 Å². The molecule has 2 rings (SSSR count). The number of allylic oxidation sites excluding steroid dienone is 1. The van der Waals surface area contributed by atoms with Crippen molar-refractivity contribution >= 4 is 16.6 Å². The number of hydrogen-bond donors (Lipinski definition) is 2. The number of rotatable bonds is 5. The first-order chi connectivity index (χ1) is 7.81. The third-order valence-electron chi connectivity index (χ3n) is 2.69. The van der Waals surface area contributed by atoms with Crippen LogP contribution in [0.1, 0.15) is 19.8 Å². The summed E-state index contributed by atoms with van der Waals surface area (Å²) in [6.45, 7) is 5.92. The topological polar surface area (TPSA) is 40.7 Å². The van der Waals surface area contributed by atoms with Crippen LogP contribution in [-0.4, -0.2) is 16.2 Å². The molecule has 0 amide bonds. The summed E-state index contributed by atoms with van der Waals surface area (Å²) in [4.78, 5) is 0. The maximum atomic E-state index is 4.05. The predicted octanol–water partition coefficient (Wildman–Crippen LogP) is 3.33. The average molecular weight is 215 g/mol. The lowest BCUT2D eigenvalue weighted by molar-refractivity contribution is 0.720. The summed E-state index contributed by atoms with van der Waals surface area (Å²) >= 11 is 0. The molecule has 0 aliphatic heterocycles. The number of nitrogens with one attached hydrogen (secondary N) is 2. The van der Waals surface area contributed by atoms with E-state index in [2.05, 4.69) is 35.1 Å². The highest BCUT2D eigenvalue weighted by molar-refractivity contribution is 5.90. The Balaban J connectivity index is 2.14. The molecule has 1 heterocycles. The van der Waals surface area contributed by atoms with Crippen molar-refractivity contribution in [1.82, 2.24) is 10.2 Å². The molecule has 0 aliphatic rings. The van der Waals surface area contributed by atoms with Crippen LogP contribution in [0.5, 0.6) is 0 Å². The number of aromatic amines is 1. The van der Waals surface area contributed by atoms with E-state index in [0.717, 1.165) is 29.4 Å². The SMILES string of the molecule is C=CCCC(C)Nc1cccc2[nH]ncc12. The average Bonchev–Trinajstić information content (AvgIpc) is 2.75. The van der Waals surface area contributed by atoms with Gasteiger partial charge in [-0.05, 0) is 31.9 Å². The molecule has 1 aromatic heterocycles. The molecular weight excluding hydrogens is 198 g/mol. The summed E-state index contributed by atoms with van der Waals surface area (Å²) in [6, 6.07) is 6.59. The first-order valence-corrected chi connectivity index (χ1v) is 5.61. The number of fused-ring (bicyclic) bond motifs is 1. The monoisotopic (exact) mass is 215 g/mol. The number of H-pyrrole nitrogens is 1. The van der Waals surface area contributed by atoms with Gasteiger partial charge in [-0.1, -0.05) is 12.1 Å². The Morgan fingerprint density at radius 2 is 2.44 bits per heavy atom. The molecule has 0 saturated heterocycles. The summed E-state index contributed by atoms with van der Waals surface area (Å²) in [7, 11) is 0. The molecule has 3 heteroatoms. The highest BCUT2D eigenvalue weighted by atomic mass is 15.1. The maximum Gasteiger partial charge on any atom is 0.0671 e. The highest BCUT2D eigenvalue weighted by Gasteiger charge is 2.05. The van der Waals surface area contributed by atoms with Crippen molar-refractivity contribution in [2.45, 2.75) is 25.8 Å². The van der Waals surface area contributed by atoms with Crippen molar-refractivity contribution in [2.24, 2.45) is 0 Å². The van der Waals surface area contributed by atoms with Crippen molar-refractivity contribution in [3.63, 3.8) is 0 Å². The molecule has 2 aromatic rings.